The Bertz CT molecular complexity index is 277. The highest BCUT2D eigenvalue weighted by molar-refractivity contribution is 6.29. The second kappa shape index (κ2) is 10.5. The molecule has 0 unspecified atom stereocenters. The molecule has 0 aromatic rings. The second-order valence-corrected chi connectivity index (χ2v) is 6.29. The monoisotopic (exact) mass is 284 g/mol. The summed E-state index contributed by atoms with van der Waals surface area (Å²) in [7, 11) is 0. The zero-order valence-electron chi connectivity index (χ0n) is 12.4. The fourth-order valence-corrected chi connectivity index (χ4v) is 3.07. The Labute approximate surface area is 123 Å². The number of carbonyl (C=O) groups excluding carboxylic acids is 1. The van der Waals surface area contributed by atoms with Gasteiger partial charge in [0, 0.05) is 17.4 Å². The van der Waals surface area contributed by atoms with Crippen molar-refractivity contribution in [2.75, 3.05) is 0 Å². The molecule has 2 heteroatoms. The summed E-state index contributed by atoms with van der Waals surface area (Å²) in [6, 6.07) is 0. The van der Waals surface area contributed by atoms with Crippen LogP contribution in [0.25, 0.3) is 0 Å². The van der Waals surface area contributed by atoms with Gasteiger partial charge in [0.2, 0.25) is 0 Å². The molecule has 110 valence electrons. The van der Waals surface area contributed by atoms with Crippen molar-refractivity contribution in [3.63, 3.8) is 0 Å². The fourth-order valence-electron chi connectivity index (χ4n) is 2.82. The largest absolute Gasteiger partial charge is 0.299 e. The molecular formula is C17H29ClO. The van der Waals surface area contributed by atoms with E-state index in [0.717, 1.165) is 30.7 Å². The summed E-state index contributed by atoms with van der Waals surface area (Å²) in [4.78, 5) is 12.0. The van der Waals surface area contributed by atoms with Crippen LogP contribution in [-0.4, -0.2) is 5.78 Å². The van der Waals surface area contributed by atoms with Crippen LogP contribution in [0.5, 0.6) is 0 Å². The van der Waals surface area contributed by atoms with E-state index in [4.69, 9.17) is 11.6 Å². The lowest BCUT2D eigenvalue weighted by molar-refractivity contribution is -0.123. The first-order chi connectivity index (χ1) is 9.24. The normalized spacial score (nSPS) is 17.7. The SMILES string of the molecule is CCCCCC/C(Cl)=C\CCC(=O)C1CCCCC1. The zero-order valence-corrected chi connectivity index (χ0v) is 13.2. The smallest absolute Gasteiger partial charge is 0.136 e. The predicted octanol–water partition coefficient (Wildman–Crippen LogP) is 6.01. The van der Waals surface area contributed by atoms with Crippen molar-refractivity contribution in [2.24, 2.45) is 5.92 Å². The molecule has 0 aromatic heterocycles. The van der Waals surface area contributed by atoms with Gasteiger partial charge in [0.15, 0.2) is 0 Å². The average molecular weight is 285 g/mol. The van der Waals surface area contributed by atoms with Gasteiger partial charge in [0.05, 0.1) is 0 Å². The van der Waals surface area contributed by atoms with E-state index in [1.807, 2.05) is 0 Å². The minimum absolute atomic E-state index is 0.352. The quantitative estimate of drug-likeness (QED) is 0.474. The molecule has 1 aliphatic rings. The third kappa shape index (κ3) is 7.77. The molecule has 0 saturated heterocycles. The van der Waals surface area contributed by atoms with E-state index in [9.17, 15) is 4.79 Å². The van der Waals surface area contributed by atoms with Crippen LogP contribution in [0.4, 0.5) is 0 Å². The van der Waals surface area contributed by atoms with Crippen molar-refractivity contribution in [1.82, 2.24) is 0 Å². The Morgan fingerprint density at radius 3 is 2.53 bits per heavy atom. The third-order valence-corrected chi connectivity index (χ3v) is 4.43. The predicted molar refractivity (Wildman–Crippen MR) is 83.5 cm³/mol. The van der Waals surface area contributed by atoms with E-state index in [2.05, 4.69) is 13.0 Å². The van der Waals surface area contributed by atoms with Gasteiger partial charge in [0.25, 0.3) is 0 Å². The van der Waals surface area contributed by atoms with Crippen LogP contribution in [0.2, 0.25) is 0 Å². The van der Waals surface area contributed by atoms with Crippen LogP contribution in [0.15, 0.2) is 11.1 Å². The number of carbonyl (C=O) groups is 1. The van der Waals surface area contributed by atoms with Gasteiger partial charge in [0.1, 0.15) is 5.78 Å². The molecule has 0 aliphatic heterocycles. The highest BCUT2D eigenvalue weighted by Gasteiger charge is 2.19. The number of halogens is 1. The van der Waals surface area contributed by atoms with Gasteiger partial charge in [-0.2, -0.15) is 0 Å². The Hall–Kier alpha value is -0.300. The maximum absolute atomic E-state index is 12.0. The highest BCUT2D eigenvalue weighted by Crippen LogP contribution is 2.26. The average Bonchev–Trinajstić information content (AvgIpc) is 2.44. The summed E-state index contributed by atoms with van der Waals surface area (Å²) < 4.78 is 0. The first-order valence-corrected chi connectivity index (χ1v) is 8.49. The maximum Gasteiger partial charge on any atom is 0.136 e. The number of ketones is 1. The van der Waals surface area contributed by atoms with Gasteiger partial charge in [-0.15, -0.1) is 0 Å². The number of unbranched alkanes of at least 4 members (excludes halogenated alkanes) is 3. The summed E-state index contributed by atoms with van der Waals surface area (Å²) in [5, 5.41) is 0.951. The lowest BCUT2D eigenvalue weighted by Crippen LogP contribution is -2.17. The van der Waals surface area contributed by atoms with Crippen molar-refractivity contribution in [1.29, 1.82) is 0 Å². The fraction of sp³-hybridized carbons (Fsp3) is 0.824. The van der Waals surface area contributed by atoms with Crippen molar-refractivity contribution in [2.45, 2.75) is 84.0 Å². The molecule has 0 bridgehead atoms. The molecule has 19 heavy (non-hydrogen) atoms. The molecule has 1 nitrogen and oxygen atoms in total. The van der Waals surface area contributed by atoms with E-state index in [-0.39, 0.29) is 0 Å². The van der Waals surface area contributed by atoms with E-state index in [0.29, 0.717) is 18.1 Å². The third-order valence-electron chi connectivity index (χ3n) is 4.09. The molecule has 0 N–H and O–H groups in total. The van der Waals surface area contributed by atoms with E-state index >= 15 is 0 Å². The lowest BCUT2D eigenvalue weighted by Gasteiger charge is -2.19. The topological polar surface area (TPSA) is 17.1 Å². The van der Waals surface area contributed by atoms with Gasteiger partial charge in [-0.1, -0.05) is 63.1 Å². The van der Waals surface area contributed by atoms with E-state index in [1.54, 1.807) is 0 Å². The molecule has 0 heterocycles. The number of Topliss-reactive ketones (excluding diaryl/α,β-unsaturated/α-hetero) is 1. The molecule has 1 saturated carbocycles. The van der Waals surface area contributed by atoms with Gasteiger partial charge < -0.3 is 0 Å². The Morgan fingerprint density at radius 1 is 1.11 bits per heavy atom. The molecule has 0 spiro atoms. The minimum atomic E-state index is 0.352. The summed E-state index contributed by atoms with van der Waals surface area (Å²) in [5.74, 6) is 0.817. The van der Waals surface area contributed by atoms with Crippen molar-refractivity contribution in [3.05, 3.63) is 11.1 Å². The summed E-state index contributed by atoms with van der Waals surface area (Å²) in [6.07, 6.45) is 15.6. The first kappa shape index (κ1) is 16.8. The summed E-state index contributed by atoms with van der Waals surface area (Å²) >= 11 is 6.18. The molecule has 1 aliphatic carbocycles. The van der Waals surface area contributed by atoms with Crippen LogP contribution >= 0.6 is 11.6 Å². The van der Waals surface area contributed by atoms with Crippen LogP contribution in [-0.2, 0) is 4.79 Å². The molecule has 1 rings (SSSR count). The van der Waals surface area contributed by atoms with Crippen molar-refractivity contribution < 1.29 is 4.79 Å². The van der Waals surface area contributed by atoms with Gasteiger partial charge >= 0.3 is 0 Å². The van der Waals surface area contributed by atoms with Crippen LogP contribution in [0, 0.1) is 5.92 Å². The number of hydrogen-bond donors (Lipinski definition) is 0. The van der Waals surface area contributed by atoms with E-state index in [1.165, 1.54) is 44.9 Å². The van der Waals surface area contributed by atoms with Crippen LogP contribution < -0.4 is 0 Å². The van der Waals surface area contributed by atoms with Crippen molar-refractivity contribution in [3.8, 4) is 0 Å². The number of rotatable bonds is 9. The van der Waals surface area contributed by atoms with Gasteiger partial charge in [-0.3, -0.25) is 4.79 Å². The molecule has 0 amide bonds. The Morgan fingerprint density at radius 2 is 1.84 bits per heavy atom. The molecule has 0 aromatic carbocycles. The van der Waals surface area contributed by atoms with E-state index < -0.39 is 0 Å². The highest BCUT2D eigenvalue weighted by atomic mass is 35.5. The molecule has 0 atom stereocenters. The van der Waals surface area contributed by atoms with Crippen LogP contribution in [0.1, 0.15) is 84.0 Å². The summed E-state index contributed by atoms with van der Waals surface area (Å²) in [6.45, 7) is 2.22. The van der Waals surface area contributed by atoms with Crippen molar-refractivity contribution >= 4 is 17.4 Å². The second-order valence-electron chi connectivity index (χ2n) is 5.80. The minimum Gasteiger partial charge on any atom is -0.299 e. The molecular weight excluding hydrogens is 256 g/mol. The number of allylic oxidation sites excluding steroid dienone is 2. The zero-order chi connectivity index (χ0) is 13.9. The molecule has 0 radical (unpaired) electrons. The first-order valence-electron chi connectivity index (χ1n) is 8.11. The Balaban J connectivity index is 2.11. The lowest BCUT2D eigenvalue weighted by atomic mass is 9.85. The number of hydrogen-bond acceptors (Lipinski definition) is 1. The van der Waals surface area contributed by atoms with Gasteiger partial charge in [-0.25, -0.2) is 0 Å². The summed E-state index contributed by atoms with van der Waals surface area (Å²) in [5.41, 5.74) is 0. The standard InChI is InChI=1S/C17H29ClO/c1-2-3-4-8-12-16(18)13-9-14-17(19)15-10-6-5-7-11-15/h13,15H,2-12,14H2,1H3/b16-13+. The Kier molecular flexibility index (Phi) is 9.24. The maximum atomic E-state index is 12.0. The molecule has 1 fully saturated rings. The van der Waals surface area contributed by atoms with Crippen LogP contribution in [0.3, 0.4) is 0 Å². The van der Waals surface area contributed by atoms with Gasteiger partial charge in [-0.05, 0) is 32.1 Å².